The average Bonchev–Trinajstić information content (AvgIpc) is 0.842. The first-order valence-electron chi connectivity index (χ1n) is 29.6. The Bertz CT molecular complexity index is 5310. The number of nitrogens with one attached hydrogen (secondary N) is 3. The molecule has 14 aromatic rings. The van der Waals surface area contributed by atoms with Gasteiger partial charge in [-0.05, 0) is 144 Å². The zero-order valence-electron chi connectivity index (χ0n) is 55.1. The number of aromatic carboxylic acids is 1. The van der Waals surface area contributed by atoms with Crippen molar-refractivity contribution in [2.75, 3.05) is 23.0 Å². The zero-order valence-corrected chi connectivity index (χ0v) is 61.0. The van der Waals surface area contributed by atoms with Crippen LogP contribution in [0.15, 0.2) is 237 Å². The van der Waals surface area contributed by atoms with E-state index in [9.17, 15) is 37.3 Å². The molecule has 0 aliphatic carbocycles. The van der Waals surface area contributed by atoms with Gasteiger partial charge in [-0.1, -0.05) is 72.3 Å². The molecule has 0 atom stereocenters. The van der Waals surface area contributed by atoms with Crippen molar-refractivity contribution in [2.45, 2.75) is 6.92 Å². The first-order valence-corrected chi connectivity index (χ1v) is 34.4. The van der Waals surface area contributed by atoms with Crippen LogP contribution in [0.4, 0.5) is 31.7 Å². The summed E-state index contributed by atoms with van der Waals surface area (Å²) in [5, 5.41) is 57.4. The van der Waals surface area contributed by atoms with Gasteiger partial charge in [0.25, 0.3) is 23.3 Å². The zero-order chi connectivity index (χ0) is 75.0. The van der Waals surface area contributed by atoms with Crippen LogP contribution in [-0.2, 0) is 4.57 Å². The second-order valence-corrected chi connectivity index (χ2v) is 26.9. The number of aliphatic hydroxyl groups excluding tert-OH is 1. The van der Waals surface area contributed by atoms with E-state index in [-0.39, 0.29) is 64.2 Å². The van der Waals surface area contributed by atoms with Crippen LogP contribution in [0.3, 0.4) is 0 Å². The van der Waals surface area contributed by atoms with E-state index in [1.807, 2.05) is 66.7 Å². The van der Waals surface area contributed by atoms with Gasteiger partial charge >= 0.3 is 40.7 Å². The summed E-state index contributed by atoms with van der Waals surface area (Å²) in [5.41, 5.74) is 22.3. The SMILES string of the molecule is CCO.Clc1nc(-c2ccnnc2)nc2ccccc12.Fc1ccc(Nc2nc(-c3ccnnc3)nc3ccccc23)cc1F.NC(=O)c1ccccc1N.NC(=O)c1ccccc1NC(=O)c1ccnnc1.O=C(O)c1ccnnc1.O=P(Cl)(Cl)Cl.O=c1[nH]c(-c2ccnnc2)nc2ccccc12.[Na+].[OH-]. The van der Waals surface area contributed by atoms with Gasteiger partial charge in [0.15, 0.2) is 23.3 Å². The second kappa shape index (κ2) is 43.3. The maximum atomic E-state index is 13.5. The first-order chi connectivity index (χ1) is 50.0. The molecule has 0 radical (unpaired) electrons. The summed E-state index contributed by atoms with van der Waals surface area (Å²) in [6, 6.07) is 47.3. The number of rotatable bonds is 10. The number of benzene rings is 6. The molecule has 0 aliphatic rings. The number of carboxylic acid groups (broad SMARTS) is 1. The number of hydrogen-bond donors (Lipinski definition) is 8. The Morgan fingerprint density at radius 2 is 0.962 bits per heavy atom. The summed E-state index contributed by atoms with van der Waals surface area (Å²) in [7, 11) is 0. The van der Waals surface area contributed by atoms with E-state index in [1.54, 1.807) is 117 Å². The fraction of sp³-hybridized carbons (Fsp3) is 0.0294. The molecule has 30 nitrogen and oxygen atoms in total. The van der Waals surface area contributed by atoms with Gasteiger partial charge < -0.3 is 48.5 Å². The standard InChI is InChI=1S/C18H11F2N5.C12H7ClN4.C12H10N4O2.C12H8N4O.C7H8N2O.C5H4N2O2.C2H6O.Cl3OP.Na.H2O/c19-14-6-5-12(9-15(14)20)23-18-13-3-1-2-4-16(13)24-17(25-18)11-7-8-21-22-10-11;13-11-9-3-1-2-4-10(9)16-12(17-11)8-5-6-14-15-7-8;13-11(17)9-3-1-2-4-10(9)16-12(18)8-5-6-14-15-7-8;17-12-9-3-1-2-4-10(9)15-11(16-12)8-5-6-13-14-7-8;8-6-4-2-1-3-5(6)7(9)10;8-5(9)4-1-2-6-7-3-4;1-2-3;1-5(2,3)4;;/h1-10H,(H,23,24,25);1-7H;1-7H,(H2,13,17)(H,16,18);1-7H,(H,15,16,17);1-4H,8H2,(H2,9,10);1-3H,(H,8,9);3H,2H2,1H3;;;1H2/q;;;;;;;;+1;/p-1. The number of nitrogens with two attached hydrogens (primary N) is 3. The first kappa shape index (κ1) is 84.8. The monoisotopic (exact) mass is 1540 g/mol. The molecule has 0 spiro atoms. The minimum atomic E-state index is -3.22. The van der Waals surface area contributed by atoms with Gasteiger partial charge in [-0.2, -0.15) is 51.0 Å². The number of anilines is 4. The number of carbonyl (C=O) groups excluding carboxylic acids is 3. The molecule has 14 rings (SSSR count). The van der Waals surface area contributed by atoms with Crippen LogP contribution in [0.1, 0.15) is 48.4 Å². The fourth-order valence-corrected chi connectivity index (χ4v) is 8.48. The smallest absolute Gasteiger partial charge is 0.870 e. The number of H-pyrrole nitrogens is 1. The molecule has 0 fully saturated rings. The number of para-hydroxylation sites is 5. The number of aromatic nitrogens is 16. The summed E-state index contributed by atoms with van der Waals surface area (Å²) in [4.78, 5) is 80.4. The third kappa shape index (κ3) is 27.1. The van der Waals surface area contributed by atoms with Crippen molar-refractivity contribution < 1.29 is 77.8 Å². The van der Waals surface area contributed by atoms with Crippen molar-refractivity contribution in [3.8, 4) is 34.2 Å². The van der Waals surface area contributed by atoms with Gasteiger partial charge in [0.1, 0.15) is 16.8 Å². The van der Waals surface area contributed by atoms with Gasteiger partial charge in [0, 0.05) is 51.5 Å². The van der Waals surface area contributed by atoms with Crippen molar-refractivity contribution in [1.29, 1.82) is 0 Å². The van der Waals surface area contributed by atoms with Gasteiger partial charge in [-0.15, -0.1) is 0 Å². The predicted molar refractivity (Wildman–Crippen MR) is 392 cm³/mol. The molecule has 12 N–H and O–H groups in total. The molecule has 0 saturated carbocycles. The van der Waals surface area contributed by atoms with Crippen molar-refractivity contribution in [1.82, 2.24) is 80.9 Å². The van der Waals surface area contributed by atoms with Crippen LogP contribution >= 0.6 is 50.5 Å². The minimum absolute atomic E-state index is 0. The molecule has 0 saturated heterocycles. The normalized spacial score (nSPS) is 9.96. The summed E-state index contributed by atoms with van der Waals surface area (Å²) in [6.45, 7) is 1.93. The van der Waals surface area contributed by atoms with Crippen LogP contribution in [0.25, 0.3) is 66.9 Å². The molecule has 0 unspecified atom stereocenters. The molecule has 3 amide bonds. The Labute approximate surface area is 640 Å². The number of carboxylic acids is 1. The molecule has 38 heteroatoms. The number of nitrogen functional groups attached to an aromatic ring is 1. The van der Waals surface area contributed by atoms with E-state index >= 15 is 0 Å². The third-order valence-corrected chi connectivity index (χ3v) is 13.1. The van der Waals surface area contributed by atoms with Crippen LogP contribution in [-0.4, -0.2) is 127 Å². The molecular formula is C68H55Cl4F2N21NaO9P. The maximum absolute atomic E-state index is 13.5. The molecule has 106 heavy (non-hydrogen) atoms. The Morgan fingerprint density at radius 1 is 0.528 bits per heavy atom. The molecular weight excluding hydrogens is 1490 g/mol. The largest absolute Gasteiger partial charge is 1.00 e. The number of amides is 3. The van der Waals surface area contributed by atoms with Gasteiger partial charge in [-0.3, -0.25) is 23.7 Å². The van der Waals surface area contributed by atoms with E-state index in [1.165, 1.54) is 43.0 Å². The summed E-state index contributed by atoms with van der Waals surface area (Å²) >= 11 is 20.0. The number of nitrogens with zero attached hydrogens (tertiary/aromatic N) is 15. The van der Waals surface area contributed by atoms with Crippen LogP contribution < -0.4 is 63.0 Å². The van der Waals surface area contributed by atoms with Crippen LogP contribution in [0.2, 0.25) is 5.15 Å². The number of hydrogen-bond acceptors (Lipinski definition) is 25. The number of aromatic amines is 1. The molecule has 8 aromatic heterocycles. The molecule has 0 bridgehead atoms. The second-order valence-electron chi connectivity index (χ2n) is 19.9. The summed E-state index contributed by atoms with van der Waals surface area (Å²) in [6.07, 6.45) is 14.7. The number of primary amides is 2. The van der Waals surface area contributed by atoms with Gasteiger partial charge in [0.05, 0.1) is 112 Å². The number of fused-ring (bicyclic) bond motifs is 3. The average molecular weight is 1540 g/mol. The van der Waals surface area contributed by atoms with Crippen LogP contribution in [0.5, 0.6) is 0 Å². The predicted octanol–water partition coefficient (Wildman–Crippen LogP) is 9.24. The van der Waals surface area contributed by atoms with Crippen LogP contribution in [0, 0.1) is 11.6 Å². The summed E-state index contributed by atoms with van der Waals surface area (Å²) in [5.74, 6) is -2.27. The molecule has 6 aromatic carbocycles. The third-order valence-electron chi connectivity index (χ3n) is 12.8. The van der Waals surface area contributed by atoms with Crippen molar-refractivity contribution in [2.24, 2.45) is 11.5 Å². The van der Waals surface area contributed by atoms with E-state index in [0.717, 1.165) is 45.1 Å². The Kier molecular flexibility index (Phi) is 34.7. The Morgan fingerprint density at radius 3 is 1.43 bits per heavy atom. The fourth-order valence-electron chi connectivity index (χ4n) is 8.24. The van der Waals surface area contributed by atoms with Crippen molar-refractivity contribution in [3.63, 3.8) is 0 Å². The summed E-state index contributed by atoms with van der Waals surface area (Å²) < 4.78 is 36.1. The maximum Gasteiger partial charge on any atom is 1.00 e. The number of aliphatic hydroxyl groups is 1. The van der Waals surface area contributed by atoms with Crippen molar-refractivity contribution in [3.05, 3.63) is 281 Å². The molecule has 534 valence electrons. The minimum Gasteiger partial charge on any atom is -0.870 e. The molecule has 8 heterocycles. The van der Waals surface area contributed by atoms with E-state index in [0.29, 0.717) is 73.1 Å². The van der Waals surface area contributed by atoms with Crippen molar-refractivity contribution >= 4 is 130 Å². The van der Waals surface area contributed by atoms with E-state index in [4.69, 9.17) is 39.0 Å². The van der Waals surface area contributed by atoms with Gasteiger partial charge in [-0.25, -0.2) is 38.5 Å². The number of carbonyl (C=O) groups is 4. The quantitative estimate of drug-likeness (QED) is 0.0273. The van der Waals surface area contributed by atoms with E-state index < -0.39 is 34.6 Å². The molecule has 0 aliphatic heterocycles. The van der Waals surface area contributed by atoms with Gasteiger partial charge in [0.2, 0.25) is 0 Å². The topological polar surface area (TPSA) is 484 Å². The number of halogens is 6. The Hall–Kier alpha value is -11.8. The Balaban J connectivity index is 0.000000228. The van der Waals surface area contributed by atoms with E-state index in [2.05, 4.69) is 125 Å².